The third-order valence-corrected chi connectivity index (χ3v) is 5.53. The highest BCUT2D eigenvalue weighted by molar-refractivity contribution is 7.89. The molecule has 0 spiro atoms. The van der Waals surface area contributed by atoms with Gasteiger partial charge in [0.05, 0.1) is 11.4 Å². The van der Waals surface area contributed by atoms with E-state index < -0.39 is 10.0 Å². The lowest BCUT2D eigenvalue weighted by Crippen LogP contribution is -2.49. The molecule has 7 nitrogen and oxygen atoms in total. The summed E-state index contributed by atoms with van der Waals surface area (Å²) in [5, 5.41) is 8.07. The summed E-state index contributed by atoms with van der Waals surface area (Å²) in [5.74, 6) is 0.0183. The van der Waals surface area contributed by atoms with Crippen LogP contribution in [0.3, 0.4) is 0 Å². The van der Waals surface area contributed by atoms with Crippen molar-refractivity contribution in [1.82, 2.24) is 10.2 Å². The van der Waals surface area contributed by atoms with E-state index in [1.807, 2.05) is 30.3 Å². The van der Waals surface area contributed by atoms with Gasteiger partial charge in [-0.3, -0.25) is 9.69 Å². The number of rotatable bonds is 6. The zero-order chi connectivity index (χ0) is 19.3. The van der Waals surface area contributed by atoms with Crippen molar-refractivity contribution in [1.29, 1.82) is 0 Å². The summed E-state index contributed by atoms with van der Waals surface area (Å²) < 4.78 is 22.7. The molecular weight excluding hydrogens is 364 g/mol. The van der Waals surface area contributed by atoms with Crippen molar-refractivity contribution in [2.24, 2.45) is 5.14 Å². The Bertz CT molecular complexity index is 862. The molecule has 0 aliphatic carbocycles. The third kappa shape index (κ3) is 5.53. The minimum absolute atomic E-state index is 0.0183. The molecule has 1 fully saturated rings. The van der Waals surface area contributed by atoms with Crippen molar-refractivity contribution in [2.45, 2.75) is 11.4 Å². The van der Waals surface area contributed by atoms with Crippen LogP contribution in [0.15, 0.2) is 59.5 Å². The second-order valence-electron chi connectivity index (χ2n) is 6.56. The maximum atomic E-state index is 12.1. The largest absolute Gasteiger partial charge is 0.369 e. The van der Waals surface area contributed by atoms with E-state index in [1.54, 1.807) is 12.1 Å². The average molecular weight is 388 g/mol. The Morgan fingerprint density at radius 1 is 0.963 bits per heavy atom. The number of piperazine rings is 1. The fourth-order valence-corrected chi connectivity index (χ4v) is 3.58. The number of carbonyl (C=O) groups is 1. The van der Waals surface area contributed by atoms with Crippen molar-refractivity contribution >= 4 is 21.6 Å². The first-order valence-corrected chi connectivity index (χ1v) is 10.4. The van der Waals surface area contributed by atoms with Crippen molar-refractivity contribution in [3.05, 3.63) is 60.2 Å². The molecule has 144 valence electrons. The maximum absolute atomic E-state index is 12.1. The van der Waals surface area contributed by atoms with E-state index in [0.717, 1.165) is 37.4 Å². The van der Waals surface area contributed by atoms with Crippen LogP contribution in [-0.4, -0.2) is 51.9 Å². The van der Waals surface area contributed by atoms with E-state index in [-0.39, 0.29) is 10.8 Å². The van der Waals surface area contributed by atoms with Gasteiger partial charge in [0.1, 0.15) is 0 Å². The number of benzene rings is 2. The van der Waals surface area contributed by atoms with E-state index >= 15 is 0 Å². The van der Waals surface area contributed by atoms with E-state index in [1.165, 1.54) is 12.1 Å². The minimum atomic E-state index is -3.67. The van der Waals surface area contributed by atoms with Crippen LogP contribution in [0.25, 0.3) is 0 Å². The van der Waals surface area contributed by atoms with E-state index in [0.29, 0.717) is 13.1 Å². The highest BCUT2D eigenvalue weighted by Gasteiger charge is 2.19. The predicted molar refractivity (Wildman–Crippen MR) is 105 cm³/mol. The van der Waals surface area contributed by atoms with Crippen molar-refractivity contribution in [3.8, 4) is 0 Å². The maximum Gasteiger partial charge on any atom is 0.238 e. The lowest BCUT2D eigenvalue weighted by molar-refractivity contribution is -0.122. The van der Waals surface area contributed by atoms with Crippen LogP contribution in [0.1, 0.15) is 5.56 Å². The molecule has 1 aliphatic rings. The first-order chi connectivity index (χ1) is 12.9. The average Bonchev–Trinajstić information content (AvgIpc) is 2.67. The molecule has 0 atom stereocenters. The summed E-state index contributed by atoms with van der Waals surface area (Å²) >= 11 is 0. The number of nitrogens with zero attached hydrogens (tertiary/aromatic N) is 2. The first-order valence-electron chi connectivity index (χ1n) is 8.82. The Labute approximate surface area is 159 Å². The molecule has 3 rings (SSSR count). The van der Waals surface area contributed by atoms with Crippen LogP contribution in [0, 0.1) is 0 Å². The SMILES string of the molecule is NS(=O)(=O)c1ccc(N2CCN(CC(=O)NCc3ccccc3)CC2)cc1. The van der Waals surface area contributed by atoms with Crippen LogP contribution in [0.2, 0.25) is 0 Å². The van der Waals surface area contributed by atoms with Gasteiger partial charge in [-0.2, -0.15) is 0 Å². The molecule has 8 heteroatoms. The van der Waals surface area contributed by atoms with Crippen LogP contribution >= 0.6 is 0 Å². The molecule has 0 radical (unpaired) electrons. The zero-order valence-corrected chi connectivity index (χ0v) is 15.9. The van der Waals surface area contributed by atoms with E-state index in [4.69, 9.17) is 5.14 Å². The molecule has 0 aromatic heterocycles. The lowest BCUT2D eigenvalue weighted by atomic mass is 10.2. The van der Waals surface area contributed by atoms with Gasteiger partial charge >= 0.3 is 0 Å². The molecule has 1 amide bonds. The van der Waals surface area contributed by atoms with Gasteiger partial charge in [0.2, 0.25) is 15.9 Å². The number of nitrogens with one attached hydrogen (secondary N) is 1. The van der Waals surface area contributed by atoms with Gasteiger partial charge in [-0.25, -0.2) is 13.6 Å². The summed E-state index contributed by atoms with van der Waals surface area (Å²) in [6.45, 7) is 4.02. The van der Waals surface area contributed by atoms with Gasteiger partial charge in [-0.05, 0) is 29.8 Å². The van der Waals surface area contributed by atoms with Gasteiger partial charge in [-0.15, -0.1) is 0 Å². The molecule has 1 aliphatic heterocycles. The van der Waals surface area contributed by atoms with Gasteiger partial charge in [0, 0.05) is 38.4 Å². The quantitative estimate of drug-likeness (QED) is 0.762. The fourth-order valence-electron chi connectivity index (χ4n) is 3.07. The smallest absolute Gasteiger partial charge is 0.238 e. The van der Waals surface area contributed by atoms with Gasteiger partial charge in [-0.1, -0.05) is 30.3 Å². The molecule has 1 saturated heterocycles. The zero-order valence-electron chi connectivity index (χ0n) is 15.0. The number of amides is 1. The summed E-state index contributed by atoms with van der Waals surface area (Å²) in [5.41, 5.74) is 2.04. The molecule has 0 saturated carbocycles. The number of anilines is 1. The Hall–Kier alpha value is -2.42. The number of sulfonamides is 1. The molecule has 2 aromatic carbocycles. The Morgan fingerprint density at radius 3 is 2.19 bits per heavy atom. The lowest BCUT2D eigenvalue weighted by Gasteiger charge is -2.35. The highest BCUT2D eigenvalue weighted by atomic mass is 32.2. The topological polar surface area (TPSA) is 95.7 Å². The second-order valence-corrected chi connectivity index (χ2v) is 8.13. The van der Waals surface area contributed by atoms with Crippen molar-refractivity contribution < 1.29 is 13.2 Å². The second kappa shape index (κ2) is 8.51. The van der Waals surface area contributed by atoms with Crippen molar-refractivity contribution in [2.75, 3.05) is 37.6 Å². The Kier molecular flexibility index (Phi) is 6.10. The third-order valence-electron chi connectivity index (χ3n) is 4.60. The number of carbonyl (C=O) groups excluding carboxylic acids is 1. The van der Waals surface area contributed by atoms with Crippen LogP contribution in [-0.2, 0) is 21.4 Å². The number of hydrogen-bond donors (Lipinski definition) is 2. The van der Waals surface area contributed by atoms with Crippen LogP contribution in [0.5, 0.6) is 0 Å². The van der Waals surface area contributed by atoms with Gasteiger partial charge in [0.25, 0.3) is 0 Å². The number of hydrogen-bond acceptors (Lipinski definition) is 5. The summed E-state index contributed by atoms with van der Waals surface area (Å²) in [6.07, 6.45) is 0. The number of primary sulfonamides is 1. The molecule has 2 aromatic rings. The molecular formula is C19H24N4O3S. The van der Waals surface area contributed by atoms with Gasteiger partial charge in [0.15, 0.2) is 0 Å². The monoisotopic (exact) mass is 388 g/mol. The fraction of sp³-hybridized carbons (Fsp3) is 0.316. The summed E-state index contributed by atoms with van der Waals surface area (Å²) in [7, 11) is -3.67. The molecule has 27 heavy (non-hydrogen) atoms. The van der Waals surface area contributed by atoms with Crippen molar-refractivity contribution in [3.63, 3.8) is 0 Å². The highest BCUT2D eigenvalue weighted by Crippen LogP contribution is 2.18. The van der Waals surface area contributed by atoms with E-state index in [2.05, 4.69) is 15.1 Å². The van der Waals surface area contributed by atoms with E-state index in [9.17, 15) is 13.2 Å². The molecule has 0 unspecified atom stereocenters. The van der Waals surface area contributed by atoms with Crippen LogP contribution < -0.4 is 15.4 Å². The standard InChI is InChI=1S/C19H24N4O3S/c20-27(25,26)18-8-6-17(7-9-18)23-12-10-22(11-13-23)15-19(24)21-14-16-4-2-1-3-5-16/h1-9H,10-15H2,(H,21,24)(H2,20,25,26). The summed E-state index contributed by atoms with van der Waals surface area (Å²) in [4.78, 5) is 16.5. The minimum Gasteiger partial charge on any atom is -0.369 e. The van der Waals surface area contributed by atoms with Gasteiger partial charge < -0.3 is 10.2 Å². The molecule has 0 bridgehead atoms. The van der Waals surface area contributed by atoms with Crippen LogP contribution in [0.4, 0.5) is 5.69 Å². The normalized spacial score (nSPS) is 15.5. The first kappa shape index (κ1) is 19.3. The Morgan fingerprint density at radius 2 is 1.59 bits per heavy atom. The summed E-state index contributed by atoms with van der Waals surface area (Å²) in [6, 6.07) is 16.4. The predicted octanol–water partition coefficient (Wildman–Crippen LogP) is 0.772. The number of nitrogens with two attached hydrogens (primary N) is 1. The molecule has 3 N–H and O–H groups in total. The molecule has 1 heterocycles. The Balaban J connectivity index is 1.45.